The van der Waals surface area contributed by atoms with Gasteiger partial charge in [-0.2, -0.15) is 0 Å². The van der Waals surface area contributed by atoms with Crippen molar-refractivity contribution >= 4 is 12.2 Å². The predicted octanol–water partition coefficient (Wildman–Crippen LogP) is 1.71. The molecule has 0 atom stereocenters. The van der Waals surface area contributed by atoms with Gasteiger partial charge in [0.25, 0.3) is 0 Å². The number of rotatable bonds is 2. The van der Waals surface area contributed by atoms with Gasteiger partial charge in [-0.05, 0) is 25.7 Å². The summed E-state index contributed by atoms with van der Waals surface area (Å²) in [4.78, 5) is 10.8. The summed E-state index contributed by atoms with van der Waals surface area (Å²) in [6.45, 7) is 1.38. The summed E-state index contributed by atoms with van der Waals surface area (Å²) in [6, 6.07) is 0. The van der Waals surface area contributed by atoms with Crippen molar-refractivity contribution in [2.24, 2.45) is 5.16 Å². The normalized spacial score (nSPS) is 21.6. The molecule has 1 aliphatic carbocycles. The lowest BCUT2D eigenvalue weighted by Crippen LogP contribution is -2.38. The molecule has 4 heteroatoms. The minimum atomic E-state index is -0.640. The van der Waals surface area contributed by atoms with Crippen LogP contribution in [-0.2, 0) is 9.53 Å². The van der Waals surface area contributed by atoms with Crippen molar-refractivity contribution in [3.8, 4) is 0 Å². The van der Waals surface area contributed by atoms with E-state index < -0.39 is 5.60 Å². The quantitative estimate of drug-likeness (QED) is 0.308. The largest absolute Gasteiger partial charge is 0.453 e. The van der Waals surface area contributed by atoms with Crippen LogP contribution in [0.5, 0.6) is 0 Å². The van der Waals surface area contributed by atoms with Crippen molar-refractivity contribution in [1.29, 1.82) is 0 Å². The predicted molar refractivity (Wildman–Crippen MR) is 47.9 cm³/mol. The molecule has 0 spiro atoms. The molecule has 13 heavy (non-hydrogen) atoms. The Morgan fingerprint density at radius 3 is 2.54 bits per heavy atom. The molecule has 0 aromatic carbocycles. The van der Waals surface area contributed by atoms with Crippen LogP contribution in [-0.4, -0.2) is 23.0 Å². The lowest BCUT2D eigenvalue weighted by Gasteiger charge is -2.32. The van der Waals surface area contributed by atoms with Gasteiger partial charge in [-0.1, -0.05) is 11.6 Å². The van der Waals surface area contributed by atoms with E-state index in [1.165, 1.54) is 13.1 Å². The molecule has 74 valence electrons. The fourth-order valence-corrected chi connectivity index (χ4v) is 1.80. The summed E-state index contributed by atoms with van der Waals surface area (Å²) < 4.78 is 5.17. The van der Waals surface area contributed by atoms with E-state index in [1.807, 2.05) is 0 Å². The second kappa shape index (κ2) is 4.25. The number of hydrogen-bond donors (Lipinski definition) is 1. The van der Waals surface area contributed by atoms with Gasteiger partial charge in [0.15, 0.2) is 5.60 Å². The Balaban J connectivity index is 2.66. The summed E-state index contributed by atoms with van der Waals surface area (Å²) in [6.07, 6.45) is 6.04. The highest BCUT2D eigenvalue weighted by Crippen LogP contribution is 2.30. The van der Waals surface area contributed by atoms with Crippen LogP contribution in [0.1, 0.15) is 39.0 Å². The molecule has 0 aliphatic heterocycles. The summed E-state index contributed by atoms with van der Waals surface area (Å²) in [5.41, 5.74) is -0.640. The lowest BCUT2D eigenvalue weighted by molar-refractivity contribution is -0.152. The number of carbonyl (C=O) groups is 1. The van der Waals surface area contributed by atoms with Crippen molar-refractivity contribution in [3.05, 3.63) is 0 Å². The molecule has 0 radical (unpaired) electrons. The molecule has 0 bridgehead atoms. The zero-order valence-corrected chi connectivity index (χ0v) is 7.82. The van der Waals surface area contributed by atoms with Crippen LogP contribution in [0.4, 0.5) is 0 Å². The second-order valence-corrected chi connectivity index (χ2v) is 3.46. The number of oxime groups is 1. The molecule has 0 saturated heterocycles. The van der Waals surface area contributed by atoms with Crippen molar-refractivity contribution in [2.45, 2.75) is 44.6 Å². The molecule has 0 aromatic heterocycles. The van der Waals surface area contributed by atoms with Gasteiger partial charge >= 0.3 is 5.97 Å². The molecule has 0 heterocycles. The fraction of sp³-hybridized carbons (Fsp3) is 0.778. The Morgan fingerprint density at radius 2 is 2.08 bits per heavy atom. The van der Waals surface area contributed by atoms with Crippen LogP contribution in [0.25, 0.3) is 0 Å². The molecule has 1 saturated carbocycles. The molecule has 4 nitrogen and oxygen atoms in total. The number of nitrogens with zero attached hydrogens (tertiary/aromatic N) is 1. The fourth-order valence-electron chi connectivity index (χ4n) is 1.80. The number of hydrogen-bond acceptors (Lipinski definition) is 4. The van der Waals surface area contributed by atoms with Gasteiger partial charge in [-0.15, -0.1) is 0 Å². The summed E-state index contributed by atoms with van der Waals surface area (Å²) in [5.74, 6) is -0.318. The third kappa shape index (κ3) is 2.72. The van der Waals surface area contributed by atoms with Crippen LogP contribution in [0, 0.1) is 0 Å². The van der Waals surface area contributed by atoms with Crippen molar-refractivity contribution in [1.82, 2.24) is 0 Å². The number of ether oxygens (including phenoxy) is 1. The molecule has 1 rings (SSSR count). The van der Waals surface area contributed by atoms with E-state index >= 15 is 0 Å². The minimum Gasteiger partial charge on any atom is -0.453 e. The van der Waals surface area contributed by atoms with Crippen LogP contribution >= 0.6 is 0 Å². The Bertz CT molecular complexity index is 207. The van der Waals surface area contributed by atoms with Crippen LogP contribution in [0.15, 0.2) is 5.16 Å². The topological polar surface area (TPSA) is 58.9 Å². The van der Waals surface area contributed by atoms with Crippen molar-refractivity contribution in [2.75, 3.05) is 0 Å². The Labute approximate surface area is 77.6 Å². The first-order valence-corrected chi connectivity index (χ1v) is 4.57. The number of esters is 1. The molecule has 0 aromatic rings. The maximum atomic E-state index is 10.8. The maximum Gasteiger partial charge on any atom is 0.303 e. The summed E-state index contributed by atoms with van der Waals surface area (Å²) >= 11 is 0. The first-order chi connectivity index (χ1) is 6.18. The van der Waals surface area contributed by atoms with Crippen molar-refractivity contribution < 1.29 is 14.7 Å². The van der Waals surface area contributed by atoms with E-state index in [0.717, 1.165) is 32.1 Å². The van der Waals surface area contributed by atoms with E-state index in [4.69, 9.17) is 9.94 Å². The van der Waals surface area contributed by atoms with Crippen LogP contribution < -0.4 is 0 Å². The average Bonchev–Trinajstić information content (AvgIpc) is 2.04. The van der Waals surface area contributed by atoms with Gasteiger partial charge in [0.2, 0.25) is 0 Å². The first-order valence-electron chi connectivity index (χ1n) is 4.57. The van der Waals surface area contributed by atoms with E-state index in [-0.39, 0.29) is 5.97 Å². The van der Waals surface area contributed by atoms with Gasteiger partial charge in [0.1, 0.15) is 0 Å². The van der Waals surface area contributed by atoms with Gasteiger partial charge in [-0.3, -0.25) is 4.79 Å². The van der Waals surface area contributed by atoms with E-state index in [0.29, 0.717) is 0 Å². The molecule has 0 unspecified atom stereocenters. The highest BCUT2D eigenvalue weighted by atomic mass is 16.6. The van der Waals surface area contributed by atoms with E-state index in [9.17, 15) is 4.79 Å². The zero-order valence-electron chi connectivity index (χ0n) is 7.82. The van der Waals surface area contributed by atoms with E-state index in [1.54, 1.807) is 0 Å². The Kier molecular flexibility index (Phi) is 3.28. The van der Waals surface area contributed by atoms with Crippen LogP contribution in [0.3, 0.4) is 0 Å². The summed E-state index contributed by atoms with van der Waals surface area (Å²) in [5, 5.41) is 11.5. The lowest BCUT2D eigenvalue weighted by atomic mass is 9.85. The smallest absolute Gasteiger partial charge is 0.303 e. The Morgan fingerprint density at radius 1 is 1.46 bits per heavy atom. The molecule has 0 amide bonds. The third-order valence-corrected chi connectivity index (χ3v) is 2.34. The Hall–Kier alpha value is -1.06. The molecule has 1 N–H and O–H groups in total. The third-order valence-electron chi connectivity index (χ3n) is 2.34. The van der Waals surface area contributed by atoms with Crippen LogP contribution in [0.2, 0.25) is 0 Å². The van der Waals surface area contributed by atoms with Gasteiger partial charge in [-0.25, -0.2) is 0 Å². The molecule has 1 fully saturated rings. The monoisotopic (exact) mass is 185 g/mol. The minimum absolute atomic E-state index is 0.318. The van der Waals surface area contributed by atoms with Gasteiger partial charge in [0.05, 0.1) is 6.21 Å². The van der Waals surface area contributed by atoms with Crippen molar-refractivity contribution in [3.63, 3.8) is 0 Å². The second-order valence-electron chi connectivity index (χ2n) is 3.46. The number of carbonyl (C=O) groups excluding carboxylic acids is 1. The van der Waals surface area contributed by atoms with Gasteiger partial charge < -0.3 is 9.94 Å². The highest BCUT2D eigenvalue weighted by molar-refractivity contribution is 5.75. The van der Waals surface area contributed by atoms with E-state index in [2.05, 4.69) is 5.16 Å². The highest BCUT2D eigenvalue weighted by Gasteiger charge is 2.33. The average molecular weight is 185 g/mol. The molecular formula is C9H15NO3. The standard InChI is InChI=1S/C9H15NO3/c1-8(11)13-9(7-10-12)5-3-2-4-6-9/h7,12H,2-6H2,1H3/b10-7+. The molecule has 1 aliphatic rings. The summed E-state index contributed by atoms with van der Waals surface area (Å²) in [7, 11) is 0. The molecular weight excluding hydrogens is 170 g/mol. The van der Waals surface area contributed by atoms with Gasteiger partial charge in [0, 0.05) is 6.92 Å². The first kappa shape index (κ1) is 10.0. The zero-order chi connectivity index (χ0) is 9.73. The maximum absolute atomic E-state index is 10.8. The SMILES string of the molecule is CC(=O)OC1(/C=N/O)CCCCC1.